The van der Waals surface area contributed by atoms with E-state index in [-0.39, 0.29) is 5.78 Å². The molecule has 0 saturated carbocycles. The number of hydrogen-bond donors (Lipinski definition) is 2. The largest absolute Gasteiger partial charge is 0.496 e. The van der Waals surface area contributed by atoms with Crippen LogP contribution >= 0.6 is 0 Å². The lowest BCUT2D eigenvalue weighted by Crippen LogP contribution is -2.50. The molecule has 2 aliphatic rings. The number of piperidine rings is 1. The first-order valence-electron chi connectivity index (χ1n) is 13.6. The molecule has 6 rings (SSSR count). The van der Waals surface area contributed by atoms with E-state index in [1.807, 2.05) is 40.9 Å². The summed E-state index contributed by atoms with van der Waals surface area (Å²) in [6.07, 6.45) is -1.29. The van der Waals surface area contributed by atoms with Gasteiger partial charge in [-0.15, -0.1) is 5.10 Å². The minimum atomic E-state index is -5.08. The molecular formula is C30H30F3N5O6. The molecule has 0 atom stereocenters. The van der Waals surface area contributed by atoms with E-state index >= 15 is 0 Å². The highest BCUT2D eigenvalue weighted by Gasteiger charge is 2.43. The highest BCUT2D eigenvalue weighted by molar-refractivity contribution is 6.02. The standard InChI is InChI=1S/C28H29N5O4.C2HF3O2/c1-32-12-10-28(11-13-32)16-23(34)20-14-21(26(36-3)15-25(20)37-28)30-27-29-17-18-8-9-22(33(18)31-27)19-6-4-5-7-24(19)35-2;3-2(4,5)1(6)7/h4-9,14-15,17H,10-13,16H2,1-3H3,(H,30,31);(H,6,7). The number of carbonyl (C=O) groups is 2. The summed E-state index contributed by atoms with van der Waals surface area (Å²) in [5, 5.41) is 15.1. The van der Waals surface area contributed by atoms with Crippen molar-refractivity contribution in [1.82, 2.24) is 19.5 Å². The molecule has 2 aliphatic heterocycles. The number of Topliss-reactive ketones (excluding diaryl/α,β-unsaturated/α-hetero) is 1. The molecule has 2 N–H and O–H groups in total. The van der Waals surface area contributed by atoms with Gasteiger partial charge in [0.15, 0.2) is 5.78 Å². The number of rotatable bonds is 5. The maximum atomic E-state index is 13.2. The molecule has 0 amide bonds. The molecule has 0 bridgehead atoms. The summed E-state index contributed by atoms with van der Waals surface area (Å²) >= 11 is 0. The molecule has 0 unspecified atom stereocenters. The van der Waals surface area contributed by atoms with Gasteiger partial charge in [-0.05, 0) is 37.4 Å². The van der Waals surface area contributed by atoms with E-state index < -0.39 is 17.7 Å². The molecule has 232 valence electrons. The number of anilines is 2. The van der Waals surface area contributed by atoms with Crippen molar-refractivity contribution in [3.63, 3.8) is 0 Å². The van der Waals surface area contributed by atoms with Crippen LogP contribution in [0, 0.1) is 0 Å². The van der Waals surface area contributed by atoms with Gasteiger partial charge >= 0.3 is 12.1 Å². The highest BCUT2D eigenvalue weighted by Crippen LogP contribution is 2.43. The second-order valence-corrected chi connectivity index (χ2v) is 10.5. The number of carboxylic acids is 1. The van der Waals surface area contributed by atoms with Crippen molar-refractivity contribution < 1.29 is 42.1 Å². The van der Waals surface area contributed by atoms with Gasteiger partial charge in [-0.1, -0.05) is 12.1 Å². The van der Waals surface area contributed by atoms with E-state index in [0.717, 1.165) is 48.5 Å². The Bertz CT molecular complexity index is 1700. The van der Waals surface area contributed by atoms with Crippen LogP contribution in [0.15, 0.2) is 54.7 Å². The Labute approximate surface area is 250 Å². The number of halogens is 3. The molecular weight excluding hydrogens is 583 g/mol. The molecule has 14 heteroatoms. The van der Waals surface area contributed by atoms with Crippen LogP contribution in [-0.2, 0) is 4.79 Å². The van der Waals surface area contributed by atoms with Crippen molar-refractivity contribution in [3.8, 4) is 28.5 Å². The summed E-state index contributed by atoms with van der Waals surface area (Å²) in [5.41, 5.74) is 3.35. The van der Waals surface area contributed by atoms with Crippen LogP contribution < -0.4 is 19.5 Å². The first-order chi connectivity index (χ1) is 20.9. The first kappa shape index (κ1) is 30.6. The van der Waals surface area contributed by atoms with Crippen molar-refractivity contribution in [2.24, 2.45) is 0 Å². The molecule has 44 heavy (non-hydrogen) atoms. The average Bonchev–Trinajstić information content (AvgIpc) is 3.42. The van der Waals surface area contributed by atoms with Gasteiger partial charge in [-0.25, -0.2) is 14.3 Å². The van der Waals surface area contributed by atoms with Crippen LogP contribution in [0.3, 0.4) is 0 Å². The van der Waals surface area contributed by atoms with Crippen molar-refractivity contribution in [1.29, 1.82) is 0 Å². The number of hydrogen-bond acceptors (Lipinski definition) is 9. The van der Waals surface area contributed by atoms with Crippen molar-refractivity contribution >= 4 is 28.9 Å². The zero-order valence-corrected chi connectivity index (χ0v) is 24.1. The van der Waals surface area contributed by atoms with Crippen LogP contribution in [0.25, 0.3) is 16.8 Å². The fourth-order valence-electron chi connectivity index (χ4n) is 5.23. The Morgan fingerprint density at radius 2 is 1.73 bits per heavy atom. The molecule has 1 spiro atoms. The number of para-hydroxylation sites is 1. The number of carbonyl (C=O) groups excluding carboxylic acids is 1. The second kappa shape index (κ2) is 12.0. The fourth-order valence-corrected chi connectivity index (χ4v) is 5.23. The lowest BCUT2D eigenvalue weighted by atomic mass is 9.82. The van der Waals surface area contributed by atoms with E-state index in [1.165, 1.54) is 0 Å². The predicted octanol–water partition coefficient (Wildman–Crippen LogP) is 5.22. The van der Waals surface area contributed by atoms with Gasteiger partial charge < -0.3 is 29.5 Å². The number of likely N-dealkylation sites (tertiary alicyclic amines) is 1. The summed E-state index contributed by atoms with van der Waals surface area (Å²) in [5.74, 6) is -0.424. The summed E-state index contributed by atoms with van der Waals surface area (Å²) in [7, 11) is 5.34. The molecule has 1 saturated heterocycles. The number of aromatic nitrogens is 3. The van der Waals surface area contributed by atoms with E-state index in [0.29, 0.717) is 35.1 Å². The van der Waals surface area contributed by atoms with Crippen LogP contribution in [0.1, 0.15) is 29.6 Å². The van der Waals surface area contributed by atoms with Crippen LogP contribution in [-0.4, -0.2) is 82.5 Å². The Morgan fingerprint density at radius 3 is 2.39 bits per heavy atom. The van der Waals surface area contributed by atoms with Gasteiger partial charge in [0.2, 0.25) is 5.95 Å². The van der Waals surface area contributed by atoms with E-state index in [2.05, 4.69) is 22.2 Å². The number of nitrogens with zero attached hydrogens (tertiary/aromatic N) is 4. The molecule has 2 aromatic carbocycles. The van der Waals surface area contributed by atoms with Gasteiger partial charge in [-0.3, -0.25) is 4.79 Å². The van der Waals surface area contributed by atoms with Gasteiger partial charge in [0, 0.05) is 37.6 Å². The number of ether oxygens (including phenoxy) is 3. The monoisotopic (exact) mass is 613 g/mol. The number of methoxy groups -OCH3 is 2. The number of fused-ring (bicyclic) bond motifs is 2. The SMILES string of the molecule is COc1cc2c(cc1Nc1ncc3ccc(-c4ccccc4OC)n3n1)C(=O)CC1(CCN(C)CC1)O2.O=C(O)C(F)(F)F. The molecule has 0 aliphatic carbocycles. The van der Waals surface area contributed by atoms with E-state index in [1.54, 1.807) is 32.5 Å². The van der Waals surface area contributed by atoms with Gasteiger partial charge in [0.05, 0.1) is 49.3 Å². The lowest BCUT2D eigenvalue weighted by Gasteiger charge is -2.43. The van der Waals surface area contributed by atoms with Crippen molar-refractivity contribution in [3.05, 3.63) is 60.3 Å². The lowest BCUT2D eigenvalue weighted by molar-refractivity contribution is -0.192. The normalized spacial score (nSPS) is 16.0. The Hall–Kier alpha value is -4.85. The smallest absolute Gasteiger partial charge is 0.490 e. The molecule has 4 heterocycles. The summed E-state index contributed by atoms with van der Waals surface area (Å²) < 4.78 is 51.2. The fraction of sp³-hybridized carbons (Fsp3) is 0.333. The first-order valence-corrected chi connectivity index (χ1v) is 13.6. The minimum absolute atomic E-state index is 0.0803. The van der Waals surface area contributed by atoms with Crippen molar-refractivity contribution in [2.75, 3.05) is 39.7 Å². The predicted molar refractivity (Wildman–Crippen MR) is 154 cm³/mol. The third kappa shape index (κ3) is 6.25. The quantitative estimate of drug-likeness (QED) is 0.309. The number of carboxylic acid groups (broad SMARTS) is 1. The van der Waals surface area contributed by atoms with Gasteiger partial charge in [0.1, 0.15) is 22.8 Å². The number of alkyl halides is 3. The van der Waals surface area contributed by atoms with E-state index in [9.17, 15) is 18.0 Å². The number of nitrogens with one attached hydrogen (secondary N) is 1. The molecule has 1 fully saturated rings. The van der Waals surface area contributed by atoms with Gasteiger partial charge in [-0.2, -0.15) is 13.2 Å². The summed E-state index contributed by atoms with van der Waals surface area (Å²) in [6.45, 7) is 1.82. The maximum absolute atomic E-state index is 13.2. The summed E-state index contributed by atoms with van der Waals surface area (Å²) in [6, 6.07) is 15.3. The van der Waals surface area contributed by atoms with E-state index in [4.69, 9.17) is 29.2 Å². The average molecular weight is 614 g/mol. The van der Waals surface area contributed by atoms with Crippen LogP contribution in [0.2, 0.25) is 0 Å². The minimum Gasteiger partial charge on any atom is -0.496 e. The zero-order chi connectivity index (χ0) is 31.6. The maximum Gasteiger partial charge on any atom is 0.490 e. The second-order valence-electron chi connectivity index (χ2n) is 10.5. The number of benzene rings is 2. The summed E-state index contributed by atoms with van der Waals surface area (Å²) in [4.78, 5) is 28.9. The Morgan fingerprint density at radius 1 is 1.05 bits per heavy atom. The number of aliphatic carboxylic acids is 1. The third-order valence-corrected chi connectivity index (χ3v) is 7.58. The topological polar surface area (TPSA) is 128 Å². The van der Waals surface area contributed by atoms with Crippen LogP contribution in [0.5, 0.6) is 17.2 Å². The zero-order valence-electron chi connectivity index (χ0n) is 24.1. The highest BCUT2D eigenvalue weighted by atomic mass is 19.4. The number of ketones is 1. The van der Waals surface area contributed by atoms with Gasteiger partial charge in [0.25, 0.3) is 0 Å². The molecule has 11 nitrogen and oxygen atoms in total. The van der Waals surface area contributed by atoms with Crippen molar-refractivity contribution in [2.45, 2.75) is 31.0 Å². The molecule has 0 radical (unpaired) electrons. The third-order valence-electron chi connectivity index (χ3n) is 7.58. The van der Waals surface area contributed by atoms with Crippen LogP contribution in [0.4, 0.5) is 24.8 Å². The molecule has 2 aromatic heterocycles. The Balaban J connectivity index is 0.000000493. The Kier molecular flexibility index (Phi) is 8.37. The molecule has 4 aromatic rings.